The molecule has 0 radical (unpaired) electrons. The zero-order valence-electron chi connectivity index (χ0n) is 10.3. The summed E-state index contributed by atoms with van der Waals surface area (Å²) < 4.78 is 52.0. The summed E-state index contributed by atoms with van der Waals surface area (Å²) in [7, 11) is 0. The minimum Gasteiger partial charge on any atom is -0.384 e. The van der Waals surface area contributed by atoms with Gasteiger partial charge in [-0.2, -0.15) is 13.2 Å². The zero-order chi connectivity index (χ0) is 15.8. The van der Waals surface area contributed by atoms with E-state index in [-0.39, 0.29) is 20.6 Å². The topological polar surface area (TPSA) is 20.2 Å². The number of halogens is 6. The van der Waals surface area contributed by atoms with Gasteiger partial charge in [0.2, 0.25) is 0 Å². The molecule has 0 fully saturated rings. The minimum absolute atomic E-state index is 0.0632. The molecule has 2 aromatic carbocycles. The number of aliphatic hydroxyl groups excluding tert-OH is 1. The first-order valence-electron chi connectivity index (χ1n) is 5.70. The highest BCUT2D eigenvalue weighted by molar-refractivity contribution is 9.10. The van der Waals surface area contributed by atoms with E-state index in [1.165, 1.54) is 18.2 Å². The molecule has 0 spiro atoms. The number of hydrogen-bond donors (Lipinski definition) is 1. The summed E-state index contributed by atoms with van der Waals surface area (Å²) in [4.78, 5) is 0. The van der Waals surface area contributed by atoms with Crippen LogP contribution in [-0.2, 0) is 6.18 Å². The lowest BCUT2D eigenvalue weighted by Gasteiger charge is -2.16. The lowest BCUT2D eigenvalue weighted by molar-refractivity contribution is -0.138. The van der Waals surface area contributed by atoms with Gasteiger partial charge < -0.3 is 5.11 Å². The first-order chi connectivity index (χ1) is 9.70. The molecule has 2 aromatic rings. The van der Waals surface area contributed by atoms with Crippen LogP contribution in [0.3, 0.4) is 0 Å². The van der Waals surface area contributed by atoms with Crippen molar-refractivity contribution in [3.63, 3.8) is 0 Å². The maximum absolute atomic E-state index is 13.7. The van der Waals surface area contributed by atoms with Crippen LogP contribution in [0.4, 0.5) is 17.6 Å². The molecule has 0 heterocycles. The second-order valence-corrected chi connectivity index (χ2v) is 5.60. The van der Waals surface area contributed by atoms with Crippen LogP contribution in [0.15, 0.2) is 40.9 Å². The molecule has 0 amide bonds. The van der Waals surface area contributed by atoms with Gasteiger partial charge in [0.05, 0.1) is 5.56 Å². The summed E-state index contributed by atoms with van der Waals surface area (Å²) in [5, 5.41) is 10.2. The van der Waals surface area contributed by atoms with Crippen LogP contribution in [0.25, 0.3) is 0 Å². The number of aliphatic hydroxyl groups is 1. The molecule has 7 heteroatoms. The summed E-state index contributed by atoms with van der Waals surface area (Å²) in [6.07, 6.45) is -6.09. The van der Waals surface area contributed by atoms with Crippen LogP contribution in [0.2, 0.25) is 5.02 Å². The van der Waals surface area contributed by atoms with Crippen LogP contribution in [0.5, 0.6) is 0 Å². The van der Waals surface area contributed by atoms with Crippen molar-refractivity contribution in [1.82, 2.24) is 0 Å². The van der Waals surface area contributed by atoms with Gasteiger partial charge >= 0.3 is 6.18 Å². The number of benzene rings is 2. The van der Waals surface area contributed by atoms with Gasteiger partial charge in [-0.3, -0.25) is 0 Å². The average molecular weight is 384 g/mol. The molecule has 0 saturated heterocycles. The third kappa shape index (κ3) is 3.56. The second-order valence-electron chi connectivity index (χ2n) is 4.31. The van der Waals surface area contributed by atoms with E-state index in [2.05, 4.69) is 15.9 Å². The van der Waals surface area contributed by atoms with Gasteiger partial charge in [0.25, 0.3) is 0 Å². The van der Waals surface area contributed by atoms with Crippen molar-refractivity contribution < 1.29 is 22.7 Å². The molecule has 0 bridgehead atoms. The molecule has 2 rings (SSSR count). The fourth-order valence-corrected chi connectivity index (χ4v) is 2.46. The fourth-order valence-electron chi connectivity index (χ4n) is 1.83. The first kappa shape index (κ1) is 16.3. The Morgan fingerprint density at radius 2 is 1.76 bits per heavy atom. The van der Waals surface area contributed by atoms with E-state index in [0.717, 1.165) is 18.2 Å². The molecule has 0 aliphatic rings. The Balaban J connectivity index is 2.46. The van der Waals surface area contributed by atoms with Gasteiger partial charge in [0, 0.05) is 15.1 Å². The number of hydrogen-bond acceptors (Lipinski definition) is 1. The molecule has 1 nitrogen and oxygen atoms in total. The Hall–Kier alpha value is -1.11. The molecule has 0 aliphatic carbocycles. The van der Waals surface area contributed by atoms with Crippen molar-refractivity contribution >= 4 is 27.5 Å². The molecule has 1 N–H and O–H groups in total. The smallest absolute Gasteiger partial charge is 0.384 e. The van der Waals surface area contributed by atoms with Crippen molar-refractivity contribution in [2.45, 2.75) is 12.3 Å². The quantitative estimate of drug-likeness (QED) is 0.694. The molecule has 0 aromatic heterocycles. The van der Waals surface area contributed by atoms with Crippen LogP contribution < -0.4 is 0 Å². The Labute approximate surface area is 131 Å². The van der Waals surface area contributed by atoms with Crippen molar-refractivity contribution in [1.29, 1.82) is 0 Å². The van der Waals surface area contributed by atoms with E-state index >= 15 is 0 Å². The monoisotopic (exact) mass is 382 g/mol. The normalized spacial score (nSPS) is 13.3. The van der Waals surface area contributed by atoms with E-state index in [1.54, 1.807) is 0 Å². The molecule has 0 aliphatic heterocycles. The van der Waals surface area contributed by atoms with Crippen molar-refractivity contribution in [2.75, 3.05) is 0 Å². The van der Waals surface area contributed by atoms with Crippen molar-refractivity contribution in [2.24, 2.45) is 0 Å². The summed E-state index contributed by atoms with van der Waals surface area (Å²) in [5.74, 6) is -0.786. The Morgan fingerprint density at radius 1 is 1.10 bits per heavy atom. The summed E-state index contributed by atoms with van der Waals surface area (Å²) in [6.45, 7) is 0. The SMILES string of the molecule is OC(c1ccc(Br)c(C(F)(F)F)c1)c1ccc(Cl)cc1F. The van der Waals surface area contributed by atoms with Crippen LogP contribution in [-0.4, -0.2) is 5.11 Å². The summed E-state index contributed by atoms with van der Waals surface area (Å²) in [6, 6.07) is 6.81. The molecular formula is C14H8BrClF4O. The molecule has 1 atom stereocenters. The Kier molecular flexibility index (Phi) is 4.60. The largest absolute Gasteiger partial charge is 0.417 e. The predicted molar refractivity (Wildman–Crippen MR) is 74.6 cm³/mol. The lowest BCUT2D eigenvalue weighted by atomic mass is 9.99. The highest BCUT2D eigenvalue weighted by Crippen LogP contribution is 2.37. The van der Waals surface area contributed by atoms with Crippen molar-refractivity contribution in [3.05, 3.63) is 68.4 Å². The maximum atomic E-state index is 13.7. The third-order valence-corrected chi connectivity index (χ3v) is 3.80. The molecule has 21 heavy (non-hydrogen) atoms. The highest BCUT2D eigenvalue weighted by atomic mass is 79.9. The fraction of sp³-hybridized carbons (Fsp3) is 0.143. The van der Waals surface area contributed by atoms with E-state index in [0.29, 0.717) is 0 Å². The van der Waals surface area contributed by atoms with Crippen LogP contribution >= 0.6 is 27.5 Å². The molecule has 0 saturated carbocycles. The third-order valence-electron chi connectivity index (χ3n) is 2.87. The molecule has 112 valence electrons. The zero-order valence-corrected chi connectivity index (χ0v) is 12.6. The standard InChI is InChI=1S/C14H8BrClF4O/c15-11-4-1-7(5-10(11)14(18,19)20)13(21)9-3-2-8(16)6-12(9)17/h1-6,13,21H. The second kappa shape index (κ2) is 5.94. The van der Waals surface area contributed by atoms with Gasteiger partial charge in [-0.1, -0.05) is 39.7 Å². The Morgan fingerprint density at radius 3 is 2.33 bits per heavy atom. The van der Waals surface area contributed by atoms with Gasteiger partial charge in [-0.25, -0.2) is 4.39 Å². The summed E-state index contributed by atoms with van der Waals surface area (Å²) in [5.41, 5.74) is -1.14. The van der Waals surface area contributed by atoms with Gasteiger partial charge in [0.1, 0.15) is 11.9 Å². The summed E-state index contributed by atoms with van der Waals surface area (Å²) >= 11 is 8.40. The number of rotatable bonds is 2. The first-order valence-corrected chi connectivity index (χ1v) is 6.87. The van der Waals surface area contributed by atoms with E-state index in [1.807, 2.05) is 0 Å². The minimum atomic E-state index is -4.58. The lowest BCUT2D eigenvalue weighted by Crippen LogP contribution is -2.09. The van der Waals surface area contributed by atoms with Crippen molar-refractivity contribution in [3.8, 4) is 0 Å². The van der Waals surface area contributed by atoms with Gasteiger partial charge in [-0.15, -0.1) is 0 Å². The van der Waals surface area contributed by atoms with Crippen LogP contribution in [0, 0.1) is 5.82 Å². The number of alkyl halides is 3. The highest BCUT2D eigenvalue weighted by Gasteiger charge is 2.33. The van der Waals surface area contributed by atoms with E-state index in [9.17, 15) is 22.7 Å². The predicted octanol–water partition coefficient (Wildman–Crippen LogP) is 5.34. The van der Waals surface area contributed by atoms with Gasteiger partial charge in [-0.05, 0) is 29.8 Å². The molecule has 1 unspecified atom stereocenters. The van der Waals surface area contributed by atoms with E-state index in [4.69, 9.17) is 11.6 Å². The molecular weight excluding hydrogens is 376 g/mol. The maximum Gasteiger partial charge on any atom is 0.417 e. The van der Waals surface area contributed by atoms with E-state index < -0.39 is 23.7 Å². The average Bonchev–Trinajstić information content (AvgIpc) is 2.37. The Bertz CT molecular complexity index is 673. The van der Waals surface area contributed by atoms with Crippen LogP contribution in [0.1, 0.15) is 22.8 Å². The van der Waals surface area contributed by atoms with Gasteiger partial charge in [0.15, 0.2) is 0 Å².